The van der Waals surface area contributed by atoms with Crippen LogP contribution in [0.4, 0.5) is 5.82 Å². The molecule has 2 heterocycles. The van der Waals surface area contributed by atoms with Crippen LogP contribution in [-0.2, 0) is 4.74 Å². The van der Waals surface area contributed by atoms with E-state index in [0.717, 1.165) is 37.6 Å². The molecule has 0 aliphatic carbocycles. The van der Waals surface area contributed by atoms with Crippen LogP contribution in [0.3, 0.4) is 0 Å². The van der Waals surface area contributed by atoms with Gasteiger partial charge in [-0.3, -0.25) is 0 Å². The van der Waals surface area contributed by atoms with Gasteiger partial charge < -0.3 is 15.4 Å². The number of nitrogens with zero attached hydrogens (tertiary/aromatic N) is 3. The molecule has 1 saturated heterocycles. The van der Waals surface area contributed by atoms with E-state index in [9.17, 15) is 0 Å². The maximum Gasteiger partial charge on any atom is 0.132 e. The Morgan fingerprint density at radius 3 is 3.06 bits per heavy atom. The smallest absolute Gasteiger partial charge is 0.132 e. The van der Waals surface area contributed by atoms with E-state index in [2.05, 4.69) is 34.8 Å². The Balaban J connectivity index is 2.08. The molecule has 5 heteroatoms. The molecular formula is C13H22N4O. The van der Waals surface area contributed by atoms with Crippen LogP contribution in [0.5, 0.6) is 0 Å². The van der Waals surface area contributed by atoms with Crippen LogP contribution in [0, 0.1) is 0 Å². The van der Waals surface area contributed by atoms with Crippen molar-refractivity contribution in [3.8, 4) is 0 Å². The van der Waals surface area contributed by atoms with E-state index in [0.29, 0.717) is 12.5 Å². The van der Waals surface area contributed by atoms with Crippen molar-refractivity contribution in [2.24, 2.45) is 5.73 Å². The average Bonchev–Trinajstić information content (AvgIpc) is 2.39. The van der Waals surface area contributed by atoms with E-state index >= 15 is 0 Å². The van der Waals surface area contributed by atoms with Gasteiger partial charge in [-0.1, -0.05) is 13.8 Å². The van der Waals surface area contributed by atoms with Crippen LogP contribution >= 0.6 is 0 Å². The fourth-order valence-corrected chi connectivity index (χ4v) is 2.14. The predicted octanol–water partition coefficient (Wildman–Crippen LogP) is 1.15. The zero-order valence-corrected chi connectivity index (χ0v) is 11.2. The van der Waals surface area contributed by atoms with Gasteiger partial charge in [0.05, 0.1) is 12.7 Å². The zero-order chi connectivity index (χ0) is 13.0. The van der Waals surface area contributed by atoms with Gasteiger partial charge in [-0.25, -0.2) is 9.97 Å². The lowest BCUT2D eigenvalue weighted by molar-refractivity contribution is 0.0366. The van der Waals surface area contributed by atoms with Crippen molar-refractivity contribution in [3.63, 3.8) is 0 Å². The van der Waals surface area contributed by atoms with E-state index in [1.807, 2.05) is 0 Å². The molecule has 2 N–H and O–H groups in total. The summed E-state index contributed by atoms with van der Waals surface area (Å²) in [4.78, 5) is 10.9. The second-order valence-corrected chi connectivity index (χ2v) is 4.97. The summed E-state index contributed by atoms with van der Waals surface area (Å²) >= 11 is 0. The fourth-order valence-electron chi connectivity index (χ4n) is 2.14. The van der Waals surface area contributed by atoms with Crippen LogP contribution in [0.15, 0.2) is 12.4 Å². The minimum atomic E-state index is 0.223. The lowest BCUT2D eigenvalue weighted by atomic mass is 10.1. The normalized spacial score (nSPS) is 20.4. The monoisotopic (exact) mass is 250 g/mol. The van der Waals surface area contributed by atoms with E-state index in [1.54, 1.807) is 6.33 Å². The molecular weight excluding hydrogens is 228 g/mol. The molecule has 1 aliphatic rings. The van der Waals surface area contributed by atoms with Crippen LogP contribution < -0.4 is 10.6 Å². The number of nitrogens with two attached hydrogens (primary N) is 1. The summed E-state index contributed by atoms with van der Waals surface area (Å²) in [6, 6.07) is 2.08. The van der Waals surface area contributed by atoms with Crippen molar-refractivity contribution in [1.82, 2.24) is 9.97 Å². The number of ether oxygens (including phenoxy) is 1. The number of aromatic nitrogens is 2. The lowest BCUT2D eigenvalue weighted by Crippen LogP contribution is -2.43. The van der Waals surface area contributed by atoms with Crippen molar-refractivity contribution >= 4 is 5.82 Å². The van der Waals surface area contributed by atoms with E-state index in [-0.39, 0.29) is 6.10 Å². The second kappa shape index (κ2) is 6.11. The highest BCUT2D eigenvalue weighted by atomic mass is 16.5. The molecule has 0 saturated carbocycles. The quantitative estimate of drug-likeness (QED) is 0.868. The highest BCUT2D eigenvalue weighted by Gasteiger charge is 2.21. The fraction of sp³-hybridized carbons (Fsp3) is 0.692. The molecule has 18 heavy (non-hydrogen) atoms. The number of hydrogen-bond donors (Lipinski definition) is 1. The molecule has 1 atom stereocenters. The molecule has 1 aliphatic heterocycles. The molecule has 1 fully saturated rings. The first-order chi connectivity index (χ1) is 8.70. The Morgan fingerprint density at radius 1 is 1.50 bits per heavy atom. The Bertz CT molecular complexity index is 381. The average molecular weight is 250 g/mol. The Morgan fingerprint density at radius 2 is 2.33 bits per heavy atom. The molecule has 0 radical (unpaired) electrons. The number of hydrogen-bond acceptors (Lipinski definition) is 5. The highest BCUT2D eigenvalue weighted by Crippen LogP contribution is 2.19. The van der Waals surface area contributed by atoms with Gasteiger partial charge in [0.1, 0.15) is 12.1 Å². The molecule has 0 aromatic carbocycles. The molecule has 100 valence electrons. The van der Waals surface area contributed by atoms with E-state index < -0.39 is 0 Å². The van der Waals surface area contributed by atoms with E-state index in [1.165, 1.54) is 0 Å². The predicted molar refractivity (Wildman–Crippen MR) is 71.7 cm³/mol. The third kappa shape index (κ3) is 3.17. The molecule has 1 aromatic rings. The first kappa shape index (κ1) is 13.2. The summed E-state index contributed by atoms with van der Waals surface area (Å²) in [5.41, 5.74) is 6.67. The highest BCUT2D eigenvalue weighted by molar-refractivity contribution is 5.40. The van der Waals surface area contributed by atoms with Gasteiger partial charge in [-0.2, -0.15) is 0 Å². The van der Waals surface area contributed by atoms with Crippen molar-refractivity contribution in [2.45, 2.75) is 32.3 Å². The number of anilines is 1. The topological polar surface area (TPSA) is 64.3 Å². The van der Waals surface area contributed by atoms with Gasteiger partial charge in [0.25, 0.3) is 0 Å². The maximum atomic E-state index is 5.68. The molecule has 0 bridgehead atoms. The Kier molecular flexibility index (Phi) is 4.49. The van der Waals surface area contributed by atoms with Crippen molar-refractivity contribution in [3.05, 3.63) is 18.1 Å². The van der Waals surface area contributed by atoms with Crippen LogP contribution in [0.25, 0.3) is 0 Å². The first-order valence-corrected chi connectivity index (χ1v) is 6.59. The minimum absolute atomic E-state index is 0.223. The summed E-state index contributed by atoms with van der Waals surface area (Å²) in [6.07, 6.45) is 2.78. The zero-order valence-electron chi connectivity index (χ0n) is 11.2. The SMILES string of the molecule is CC(C)c1cc(N2CCO[C@@H](CCN)C2)ncn1. The minimum Gasteiger partial charge on any atom is -0.374 e. The summed E-state index contributed by atoms with van der Waals surface area (Å²) in [6.45, 7) is 7.44. The second-order valence-electron chi connectivity index (χ2n) is 4.97. The maximum absolute atomic E-state index is 5.68. The van der Waals surface area contributed by atoms with Gasteiger partial charge in [-0.15, -0.1) is 0 Å². The summed E-state index contributed by atoms with van der Waals surface area (Å²) < 4.78 is 5.68. The number of morpholine rings is 1. The third-order valence-electron chi connectivity index (χ3n) is 3.22. The van der Waals surface area contributed by atoms with Gasteiger partial charge in [-0.05, 0) is 18.9 Å². The van der Waals surface area contributed by atoms with Crippen molar-refractivity contribution < 1.29 is 4.74 Å². The lowest BCUT2D eigenvalue weighted by Gasteiger charge is -2.33. The molecule has 0 amide bonds. The standard InChI is InChI=1S/C13H22N4O/c1-10(2)12-7-13(16-9-15-12)17-5-6-18-11(8-17)3-4-14/h7,9-11H,3-6,8,14H2,1-2H3/t11-/m0/s1. The molecule has 0 unspecified atom stereocenters. The Labute approximate surface area is 108 Å². The largest absolute Gasteiger partial charge is 0.374 e. The van der Waals surface area contributed by atoms with Gasteiger partial charge in [0.2, 0.25) is 0 Å². The van der Waals surface area contributed by atoms with Crippen LogP contribution in [-0.4, -0.2) is 42.3 Å². The Hall–Kier alpha value is -1.20. The van der Waals surface area contributed by atoms with Gasteiger partial charge in [0, 0.05) is 24.8 Å². The summed E-state index contributed by atoms with van der Waals surface area (Å²) in [5.74, 6) is 1.42. The van der Waals surface area contributed by atoms with Crippen molar-refractivity contribution in [1.29, 1.82) is 0 Å². The number of rotatable bonds is 4. The summed E-state index contributed by atoms with van der Waals surface area (Å²) in [5, 5.41) is 0. The van der Waals surface area contributed by atoms with Crippen LogP contribution in [0.1, 0.15) is 31.9 Å². The van der Waals surface area contributed by atoms with Crippen molar-refractivity contribution in [2.75, 3.05) is 31.1 Å². The first-order valence-electron chi connectivity index (χ1n) is 6.59. The molecule has 1 aromatic heterocycles. The van der Waals surface area contributed by atoms with Gasteiger partial charge in [0.15, 0.2) is 0 Å². The summed E-state index contributed by atoms with van der Waals surface area (Å²) in [7, 11) is 0. The molecule has 2 rings (SSSR count). The molecule has 5 nitrogen and oxygen atoms in total. The molecule has 0 spiro atoms. The van der Waals surface area contributed by atoms with Crippen LogP contribution in [0.2, 0.25) is 0 Å². The van der Waals surface area contributed by atoms with Gasteiger partial charge >= 0.3 is 0 Å². The van der Waals surface area contributed by atoms with E-state index in [4.69, 9.17) is 10.5 Å². The third-order valence-corrected chi connectivity index (χ3v) is 3.22.